The Morgan fingerprint density at radius 1 is 0.750 bits per heavy atom. The second-order valence-corrected chi connectivity index (χ2v) is 10.9. The molecule has 0 aliphatic rings. The van der Waals surface area contributed by atoms with Gasteiger partial charge in [0, 0.05) is 0 Å². The minimum atomic E-state index is -5.01. The first kappa shape index (κ1) is 37.7. The van der Waals surface area contributed by atoms with Gasteiger partial charge in [0.1, 0.15) is 16.7 Å². The molecule has 0 aliphatic carbocycles. The van der Waals surface area contributed by atoms with Crippen molar-refractivity contribution >= 4 is 22.1 Å². The van der Waals surface area contributed by atoms with Crippen LogP contribution in [-0.4, -0.2) is 43.4 Å². The van der Waals surface area contributed by atoms with Gasteiger partial charge in [0.25, 0.3) is 0 Å². The van der Waals surface area contributed by atoms with Crippen LogP contribution in [0.25, 0.3) is 0 Å². The molecule has 1 atom stereocenters. The monoisotopic (exact) mass is 540 g/mol. The van der Waals surface area contributed by atoms with Crippen LogP contribution in [0, 0.1) is 0 Å². The van der Waals surface area contributed by atoms with Crippen molar-refractivity contribution in [1.29, 1.82) is 0 Å². The van der Waals surface area contributed by atoms with Crippen LogP contribution < -0.4 is 29.6 Å². The Balaban J connectivity index is 0. The van der Waals surface area contributed by atoms with Crippen LogP contribution in [0.1, 0.15) is 129 Å². The molecule has 0 rings (SSSR count). The van der Waals surface area contributed by atoms with Crippen LogP contribution in [0.3, 0.4) is 0 Å². The summed E-state index contributed by atoms with van der Waals surface area (Å²) >= 11 is 0. The standard InChI is InChI=1S/C27H50O7S.Na/c1-3-5-6-7-8-9-10-11-12-13-14-15-16-17-18-19-20-21-23-34-27(29)25(35(30,31)32)24-26(28)33-22-4-2;/h4,25H,2-3,5-24H2,1H3,(H,30,31,32);/q;+1/p-1. The second-order valence-electron chi connectivity index (χ2n) is 9.34. The van der Waals surface area contributed by atoms with Gasteiger partial charge in [-0.3, -0.25) is 9.59 Å². The molecule has 0 fully saturated rings. The third kappa shape index (κ3) is 24.0. The summed E-state index contributed by atoms with van der Waals surface area (Å²) in [4.78, 5) is 23.5. The number of hydrogen-bond acceptors (Lipinski definition) is 7. The van der Waals surface area contributed by atoms with Crippen molar-refractivity contribution in [3.05, 3.63) is 12.7 Å². The Hall–Kier alpha value is -0.410. The maximum Gasteiger partial charge on any atom is 1.00 e. The van der Waals surface area contributed by atoms with E-state index in [4.69, 9.17) is 4.74 Å². The van der Waals surface area contributed by atoms with E-state index >= 15 is 0 Å². The van der Waals surface area contributed by atoms with E-state index in [1.807, 2.05) is 0 Å². The zero-order valence-electron chi connectivity index (χ0n) is 23.0. The molecule has 0 heterocycles. The molecule has 0 radical (unpaired) electrons. The molecule has 0 aliphatic heterocycles. The number of carbonyl (C=O) groups is 2. The fraction of sp³-hybridized carbons (Fsp3) is 0.852. The molecule has 0 amide bonds. The summed E-state index contributed by atoms with van der Waals surface area (Å²) in [5, 5.41) is -2.07. The molecular formula is C27H49NaO7S. The van der Waals surface area contributed by atoms with Crippen molar-refractivity contribution < 1.29 is 61.6 Å². The van der Waals surface area contributed by atoms with Gasteiger partial charge in [-0.1, -0.05) is 129 Å². The van der Waals surface area contributed by atoms with Crippen molar-refractivity contribution in [2.75, 3.05) is 13.2 Å². The maximum atomic E-state index is 12.0. The van der Waals surface area contributed by atoms with Crippen molar-refractivity contribution in [1.82, 2.24) is 0 Å². The normalized spacial score (nSPS) is 11.9. The van der Waals surface area contributed by atoms with Crippen LogP contribution in [0.5, 0.6) is 0 Å². The van der Waals surface area contributed by atoms with E-state index in [0.29, 0.717) is 6.42 Å². The van der Waals surface area contributed by atoms with E-state index in [0.717, 1.165) is 19.3 Å². The van der Waals surface area contributed by atoms with Crippen LogP contribution in [0.15, 0.2) is 12.7 Å². The van der Waals surface area contributed by atoms with Crippen LogP contribution in [0.4, 0.5) is 0 Å². The molecule has 36 heavy (non-hydrogen) atoms. The zero-order chi connectivity index (χ0) is 26.2. The van der Waals surface area contributed by atoms with E-state index in [1.54, 1.807) is 0 Å². The molecule has 0 saturated heterocycles. The number of unbranched alkanes of at least 4 members (excludes halogenated alkanes) is 17. The Bertz CT molecular complexity index is 653. The Morgan fingerprint density at radius 2 is 1.14 bits per heavy atom. The van der Waals surface area contributed by atoms with Crippen LogP contribution in [-0.2, 0) is 29.2 Å². The third-order valence-corrected chi connectivity index (χ3v) is 7.12. The van der Waals surface area contributed by atoms with Gasteiger partial charge in [0.15, 0.2) is 5.25 Å². The largest absolute Gasteiger partial charge is 1.00 e. The maximum absolute atomic E-state index is 12.0. The predicted octanol–water partition coefficient (Wildman–Crippen LogP) is 3.61. The quantitative estimate of drug-likeness (QED) is 0.0572. The molecule has 0 saturated carbocycles. The van der Waals surface area contributed by atoms with E-state index < -0.39 is 33.7 Å². The Morgan fingerprint density at radius 3 is 1.50 bits per heavy atom. The van der Waals surface area contributed by atoms with Gasteiger partial charge in [0.2, 0.25) is 0 Å². The van der Waals surface area contributed by atoms with Gasteiger partial charge in [-0.25, -0.2) is 8.42 Å². The summed E-state index contributed by atoms with van der Waals surface area (Å²) in [6.45, 7) is 5.52. The molecular weight excluding hydrogens is 491 g/mol. The number of rotatable bonds is 25. The Kier molecular flexibility index (Phi) is 27.5. The summed E-state index contributed by atoms with van der Waals surface area (Å²) in [6, 6.07) is 0. The van der Waals surface area contributed by atoms with Crippen molar-refractivity contribution in [2.24, 2.45) is 0 Å². The third-order valence-electron chi connectivity index (χ3n) is 6.07. The van der Waals surface area contributed by atoms with Crippen molar-refractivity contribution in [3.8, 4) is 0 Å². The minimum Gasteiger partial charge on any atom is -0.747 e. The van der Waals surface area contributed by atoms with Gasteiger partial charge in [-0.05, 0) is 6.42 Å². The van der Waals surface area contributed by atoms with E-state index in [-0.39, 0.29) is 42.8 Å². The minimum absolute atomic E-state index is 0. The number of hydrogen-bond donors (Lipinski definition) is 0. The van der Waals surface area contributed by atoms with Gasteiger partial charge >= 0.3 is 41.5 Å². The average molecular weight is 541 g/mol. The first-order valence-corrected chi connectivity index (χ1v) is 15.2. The van der Waals surface area contributed by atoms with E-state index in [1.165, 1.54) is 96.0 Å². The fourth-order valence-electron chi connectivity index (χ4n) is 3.93. The van der Waals surface area contributed by atoms with Gasteiger partial charge in [-0.2, -0.15) is 0 Å². The molecule has 7 nitrogen and oxygen atoms in total. The zero-order valence-corrected chi connectivity index (χ0v) is 25.8. The smallest absolute Gasteiger partial charge is 0.747 e. The van der Waals surface area contributed by atoms with Gasteiger partial charge in [-0.15, -0.1) is 0 Å². The van der Waals surface area contributed by atoms with Crippen LogP contribution >= 0.6 is 0 Å². The fourth-order valence-corrected chi connectivity index (χ4v) is 4.58. The first-order valence-electron chi connectivity index (χ1n) is 13.7. The van der Waals surface area contributed by atoms with E-state index in [2.05, 4.69) is 18.2 Å². The van der Waals surface area contributed by atoms with Crippen molar-refractivity contribution in [2.45, 2.75) is 134 Å². The summed E-state index contributed by atoms with van der Waals surface area (Å²) in [6.07, 6.45) is 22.9. The number of carbonyl (C=O) groups excluding carboxylic acids is 2. The molecule has 1 unspecified atom stereocenters. The van der Waals surface area contributed by atoms with E-state index in [9.17, 15) is 22.6 Å². The second kappa shape index (κ2) is 26.2. The summed E-state index contributed by atoms with van der Waals surface area (Å²) in [5.41, 5.74) is 0. The number of ether oxygens (including phenoxy) is 2. The molecule has 0 bridgehead atoms. The number of esters is 2. The summed E-state index contributed by atoms with van der Waals surface area (Å²) in [5.74, 6) is -2.15. The molecule has 206 valence electrons. The average Bonchev–Trinajstić information content (AvgIpc) is 2.81. The summed E-state index contributed by atoms with van der Waals surface area (Å²) in [7, 11) is -5.01. The molecule has 0 aromatic rings. The molecule has 0 spiro atoms. The molecule has 9 heteroatoms. The molecule has 0 N–H and O–H groups in total. The first-order chi connectivity index (χ1) is 16.8. The van der Waals surface area contributed by atoms with Crippen LogP contribution in [0.2, 0.25) is 0 Å². The molecule has 0 aromatic heterocycles. The van der Waals surface area contributed by atoms with Gasteiger partial charge < -0.3 is 14.0 Å². The predicted molar refractivity (Wildman–Crippen MR) is 139 cm³/mol. The van der Waals surface area contributed by atoms with Crippen molar-refractivity contribution in [3.63, 3.8) is 0 Å². The molecule has 0 aromatic carbocycles. The summed E-state index contributed by atoms with van der Waals surface area (Å²) < 4.78 is 43.5. The SMILES string of the molecule is C=CCOC(=O)CC(C(=O)OCCCCCCCCCCCCCCCCCCCC)S(=O)(=O)[O-].[Na+]. The van der Waals surface area contributed by atoms with Gasteiger partial charge in [0.05, 0.1) is 13.0 Å². The Labute approximate surface area is 242 Å². The topological polar surface area (TPSA) is 110 Å².